The molecule has 170 valence electrons. The number of aromatic nitrogens is 4. The van der Waals surface area contributed by atoms with E-state index in [1.54, 1.807) is 13.1 Å². The molecule has 5 rings (SSSR count). The Hall–Kier alpha value is -2.61. The van der Waals surface area contributed by atoms with Crippen LogP contribution in [0.2, 0.25) is 5.02 Å². The number of anilines is 1. The highest BCUT2D eigenvalue weighted by atomic mass is 35.5. The number of imidazole rings is 1. The maximum absolute atomic E-state index is 14.4. The second-order valence-electron chi connectivity index (χ2n) is 9.18. The third-order valence-corrected chi connectivity index (χ3v) is 7.22. The number of halogens is 2. The predicted octanol–water partition coefficient (Wildman–Crippen LogP) is 3.53. The van der Waals surface area contributed by atoms with Crippen molar-refractivity contribution in [2.75, 3.05) is 11.4 Å². The van der Waals surface area contributed by atoms with Gasteiger partial charge in [0.05, 0.1) is 6.54 Å². The largest absolute Gasteiger partial charge is 0.339 e. The summed E-state index contributed by atoms with van der Waals surface area (Å²) in [6, 6.07) is 4.73. The topological polar surface area (TPSA) is 65.1 Å². The first-order valence-electron chi connectivity index (χ1n) is 11.3. The van der Waals surface area contributed by atoms with E-state index in [4.69, 9.17) is 16.6 Å². The molecule has 0 unspecified atom stereocenters. The van der Waals surface area contributed by atoms with Crippen LogP contribution in [0.15, 0.2) is 27.8 Å². The van der Waals surface area contributed by atoms with Crippen molar-refractivity contribution in [3.05, 3.63) is 55.4 Å². The van der Waals surface area contributed by atoms with Crippen molar-refractivity contribution in [3.8, 4) is 0 Å². The number of fused-ring (bicyclic) bond motifs is 3. The lowest BCUT2D eigenvalue weighted by atomic mass is 9.93. The number of nitrogens with zero attached hydrogens (tertiary/aromatic N) is 5. The molecule has 1 atom stereocenters. The van der Waals surface area contributed by atoms with Gasteiger partial charge in [0, 0.05) is 36.8 Å². The minimum atomic E-state index is -0.543. The molecule has 2 aliphatic rings. The van der Waals surface area contributed by atoms with Crippen LogP contribution >= 0.6 is 11.6 Å². The second-order valence-corrected chi connectivity index (χ2v) is 9.58. The van der Waals surface area contributed by atoms with Crippen LogP contribution < -0.4 is 16.1 Å². The van der Waals surface area contributed by atoms with Gasteiger partial charge in [-0.1, -0.05) is 43.9 Å². The second kappa shape index (κ2) is 8.06. The Morgan fingerprint density at radius 3 is 2.62 bits per heavy atom. The summed E-state index contributed by atoms with van der Waals surface area (Å²) in [4.78, 5) is 33.8. The lowest BCUT2D eigenvalue weighted by Crippen LogP contribution is -2.45. The molecule has 1 saturated carbocycles. The first-order chi connectivity index (χ1) is 15.4. The number of benzene rings is 1. The number of aryl methyl sites for hydroxylation is 1. The van der Waals surface area contributed by atoms with Crippen molar-refractivity contribution in [2.24, 2.45) is 13.0 Å². The summed E-state index contributed by atoms with van der Waals surface area (Å²) in [7, 11) is 1.61. The maximum Gasteiger partial charge on any atom is 0.332 e. The fourth-order valence-corrected chi connectivity index (χ4v) is 5.45. The van der Waals surface area contributed by atoms with Crippen LogP contribution in [0.4, 0.5) is 10.3 Å². The van der Waals surface area contributed by atoms with Crippen molar-refractivity contribution < 1.29 is 4.39 Å². The number of hydrogen-bond acceptors (Lipinski definition) is 4. The van der Waals surface area contributed by atoms with Gasteiger partial charge in [0.1, 0.15) is 5.82 Å². The standard InChI is InChI=1S/C23H27ClFN5O2/c1-14-11-28(15-7-4-3-5-8-15)22-26-20-19(29(22)12-14)21(31)30(23(32)27(20)2)13-16-17(24)9-6-10-18(16)25/h6,9-10,14-15H,3-5,7-8,11-13H2,1-2H3/t14-/m0/s1. The Morgan fingerprint density at radius 1 is 1.16 bits per heavy atom. The Morgan fingerprint density at radius 2 is 1.91 bits per heavy atom. The molecule has 32 heavy (non-hydrogen) atoms. The van der Waals surface area contributed by atoms with Crippen LogP contribution in [0.5, 0.6) is 0 Å². The average molecular weight is 460 g/mol. The van der Waals surface area contributed by atoms with Crippen LogP contribution in [0.1, 0.15) is 44.6 Å². The monoisotopic (exact) mass is 459 g/mol. The molecule has 0 radical (unpaired) electrons. The van der Waals surface area contributed by atoms with E-state index in [1.807, 2.05) is 4.57 Å². The molecule has 0 amide bonds. The zero-order valence-electron chi connectivity index (χ0n) is 18.4. The molecule has 3 heterocycles. The van der Waals surface area contributed by atoms with Gasteiger partial charge in [0.2, 0.25) is 5.95 Å². The first kappa shape index (κ1) is 21.2. The summed E-state index contributed by atoms with van der Waals surface area (Å²) in [6.45, 7) is 3.49. The Bertz CT molecular complexity index is 1280. The fraction of sp³-hybridized carbons (Fsp3) is 0.522. The fourth-order valence-electron chi connectivity index (χ4n) is 5.23. The van der Waals surface area contributed by atoms with Gasteiger partial charge in [0.15, 0.2) is 11.2 Å². The molecular weight excluding hydrogens is 433 g/mol. The third kappa shape index (κ3) is 3.36. The molecule has 0 bridgehead atoms. The predicted molar refractivity (Wildman–Crippen MR) is 123 cm³/mol. The van der Waals surface area contributed by atoms with Crippen LogP contribution in [0.3, 0.4) is 0 Å². The minimum Gasteiger partial charge on any atom is -0.339 e. The van der Waals surface area contributed by atoms with Crippen LogP contribution in [-0.2, 0) is 20.1 Å². The molecule has 2 aromatic heterocycles. The van der Waals surface area contributed by atoms with Gasteiger partial charge in [-0.2, -0.15) is 4.98 Å². The van der Waals surface area contributed by atoms with E-state index in [0.717, 1.165) is 29.9 Å². The van der Waals surface area contributed by atoms with E-state index in [2.05, 4.69) is 11.8 Å². The summed E-state index contributed by atoms with van der Waals surface area (Å²) in [5.74, 6) is 0.561. The third-order valence-electron chi connectivity index (χ3n) is 6.87. The molecule has 0 saturated heterocycles. The molecule has 9 heteroatoms. The van der Waals surface area contributed by atoms with E-state index < -0.39 is 17.1 Å². The summed E-state index contributed by atoms with van der Waals surface area (Å²) in [5, 5.41) is 0.187. The van der Waals surface area contributed by atoms with Crippen molar-refractivity contribution in [2.45, 2.75) is 58.2 Å². The highest BCUT2D eigenvalue weighted by Crippen LogP contribution is 2.33. The lowest BCUT2D eigenvalue weighted by Gasteiger charge is -2.40. The van der Waals surface area contributed by atoms with Gasteiger partial charge in [-0.3, -0.25) is 13.9 Å². The van der Waals surface area contributed by atoms with E-state index >= 15 is 0 Å². The first-order valence-corrected chi connectivity index (χ1v) is 11.6. The van der Waals surface area contributed by atoms with Gasteiger partial charge < -0.3 is 9.47 Å². The highest BCUT2D eigenvalue weighted by molar-refractivity contribution is 6.31. The van der Waals surface area contributed by atoms with Crippen LogP contribution in [0.25, 0.3) is 11.2 Å². The van der Waals surface area contributed by atoms with Crippen molar-refractivity contribution in [3.63, 3.8) is 0 Å². The van der Waals surface area contributed by atoms with E-state index in [1.165, 1.54) is 36.0 Å². The smallest absolute Gasteiger partial charge is 0.332 e. The minimum absolute atomic E-state index is 0.128. The number of rotatable bonds is 3. The molecule has 1 fully saturated rings. The van der Waals surface area contributed by atoms with Gasteiger partial charge in [-0.05, 0) is 30.9 Å². The van der Waals surface area contributed by atoms with Gasteiger partial charge in [-0.25, -0.2) is 9.18 Å². The molecule has 7 nitrogen and oxygen atoms in total. The van der Waals surface area contributed by atoms with Crippen molar-refractivity contribution in [1.82, 2.24) is 18.7 Å². The molecule has 1 aromatic carbocycles. The summed E-state index contributed by atoms with van der Waals surface area (Å²) >= 11 is 6.17. The Balaban J connectivity index is 1.69. The van der Waals surface area contributed by atoms with Gasteiger partial charge >= 0.3 is 5.69 Å². The summed E-state index contributed by atoms with van der Waals surface area (Å²) in [6.07, 6.45) is 5.89. The molecule has 0 N–H and O–H groups in total. The van der Waals surface area contributed by atoms with Crippen molar-refractivity contribution in [1.29, 1.82) is 0 Å². The van der Waals surface area contributed by atoms with E-state index in [0.29, 0.717) is 29.7 Å². The highest BCUT2D eigenvalue weighted by Gasteiger charge is 2.33. The summed E-state index contributed by atoms with van der Waals surface area (Å²) < 4.78 is 18.8. The quantitative estimate of drug-likeness (QED) is 0.601. The van der Waals surface area contributed by atoms with E-state index in [9.17, 15) is 14.0 Å². The lowest BCUT2D eigenvalue weighted by molar-refractivity contribution is 0.354. The zero-order chi connectivity index (χ0) is 22.6. The maximum atomic E-state index is 14.4. The average Bonchev–Trinajstić information content (AvgIpc) is 3.16. The zero-order valence-corrected chi connectivity index (χ0v) is 19.1. The van der Waals surface area contributed by atoms with Crippen molar-refractivity contribution >= 4 is 28.7 Å². The van der Waals surface area contributed by atoms with Gasteiger partial charge in [0.25, 0.3) is 5.56 Å². The molecular formula is C23H27ClFN5O2. The van der Waals surface area contributed by atoms with Gasteiger partial charge in [-0.15, -0.1) is 0 Å². The Kier molecular flexibility index (Phi) is 5.35. The molecule has 1 aliphatic carbocycles. The van der Waals surface area contributed by atoms with Crippen LogP contribution in [-0.4, -0.2) is 31.3 Å². The van der Waals surface area contributed by atoms with E-state index in [-0.39, 0.29) is 17.1 Å². The number of hydrogen-bond donors (Lipinski definition) is 0. The summed E-state index contributed by atoms with van der Waals surface area (Å²) in [5.41, 5.74) is -0.0978. The SMILES string of the molecule is C[C@H]1CN(C2CCCCC2)c2nc3c(c(=O)n(Cc4c(F)cccc4Cl)c(=O)n3C)n2C1. The Labute approximate surface area is 190 Å². The van der Waals surface area contributed by atoms with Crippen LogP contribution in [0, 0.1) is 11.7 Å². The normalized spacial score (nSPS) is 19.5. The molecule has 1 aliphatic heterocycles. The molecule has 3 aromatic rings. The molecule has 0 spiro atoms.